The number of carbonyl (C=O) groups excluding carboxylic acids is 1. The maximum Gasteiger partial charge on any atom is 0.310 e. The second kappa shape index (κ2) is 5.54. The molecule has 2 atom stereocenters. The largest absolute Gasteiger partial charge is 0.469 e. The van der Waals surface area contributed by atoms with Crippen LogP contribution in [0.25, 0.3) is 0 Å². The molecule has 2 aliphatic rings. The van der Waals surface area contributed by atoms with Crippen LogP contribution >= 0.6 is 0 Å². The molecule has 20 heavy (non-hydrogen) atoms. The number of ether oxygens (including phenoxy) is 1. The first-order chi connectivity index (χ1) is 9.70. The Morgan fingerprint density at radius 1 is 1.20 bits per heavy atom. The van der Waals surface area contributed by atoms with Crippen LogP contribution < -0.4 is 0 Å². The van der Waals surface area contributed by atoms with Crippen LogP contribution in [0, 0.1) is 5.92 Å². The van der Waals surface area contributed by atoms with Gasteiger partial charge in [-0.15, -0.1) is 0 Å². The zero-order valence-corrected chi connectivity index (χ0v) is 12.2. The summed E-state index contributed by atoms with van der Waals surface area (Å²) in [5, 5.41) is 0. The van der Waals surface area contributed by atoms with E-state index in [1.54, 1.807) is 0 Å². The summed E-state index contributed by atoms with van der Waals surface area (Å²) < 4.78 is 5.03. The summed E-state index contributed by atoms with van der Waals surface area (Å²) >= 11 is 0. The van der Waals surface area contributed by atoms with E-state index < -0.39 is 0 Å². The minimum atomic E-state index is -0.0786. The molecule has 0 spiro atoms. The fourth-order valence-corrected chi connectivity index (χ4v) is 3.49. The molecule has 1 aromatic carbocycles. The molecule has 1 heterocycles. The van der Waals surface area contributed by atoms with Gasteiger partial charge in [0.05, 0.1) is 13.0 Å². The third kappa shape index (κ3) is 2.34. The zero-order valence-electron chi connectivity index (χ0n) is 12.2. The summed E-state index contributed by atoms with van der Waals surface area (Å²) in [6.07, 6.45) is 0.805. The molecule has 4 heteroatoms. The molecule has 0 radical (unpaired) electrons. The number of nitrogens with zero attached hydrogens (tertiary/aromatic N) is 2. The Bertz CT molecular complexity index is 495. The van der Waals surface area contributed by atoms with Gasteiger partial charge in [-0.05, 0) is 24.6 Å². The van der Waals surface area contributed by atoms with Crippen molar-refractivity contribution in [1.82, 2.24) is 9.80 Å². The fourth-order valence-electron chi connectivity index (χ4n) is 3.49. The van der Waals surface area contributed by atoms with E-state index in [2.05, 4.69) is 41.1 Å². The first kappa shape index (κ1) is 13.6. The number of carbonyl (C=O) groups is 1. The Hall–Kier alpha value is -1.39. The fraction of sp³-hybridized carbons (Fsp3) is 0.562. The summed E-state index contributed by atoms with van der Waals surface area (Å²) in [5.41, 5.74) is 2.61. The number of rotatable bonds is 2. The highest BCUT2D eigenvalue weighted by Gasteiger charge is 2.41. The van der Waals surface area contributed by atoms with E-state index in [-0.39, 0.29) is 17.9 Å². The number of likely N-dealkylation sites (N-methyl/N-ethyl adjacent to an activating group) is 1. The normalized spacial score (nSPS) is 27.3. The van der Waals surface area contributed by atoms with Crippen LogP contribution in [0.15, 0.2) is 24.3 Å². The minimum absolute atomic E-state index is 0.0548. The average molecular weight is 274 g/mol. The van der Waals surface area contributed by atoms with Crippen LogP contribution in [0.2, 0.25) is 0 Å². The summed E-state index contributed by atoms with van der Waals surface area (Å²) in [6.45, 7) is 4.16. The van der Waals surface area contributed by atoms with Crippen molar-refractivity contribution in [3.63, 3.8) is 0 Å². The van der Waals surface area contributed by atoms with Crippen LogP contribution in [0.5, 0.6) is 0 Å². The molecule has 0 aromatic heterocycles. The Morgan fingerprint density at radius 3 is 2.60 bits per heavy atom. The molecule has 1 fully saturated rings. The molecule has 0 amide bonds. The molecule has 0 saturated carbocycles. The standard InChI is InChI=1S/C16H22N2O2/c1-17-7-9-18(10-8-17)15-13-6-4-3-5-12(13)11-14(15)16(19)20-2/h3-6,14-15H,7-11H2,1-2H3. The maximum atomic E-state index is 12.1. The number of esters is 1. The molecule has 0 N–H and O–H groups in total. The van der Waals surface area contributed by atoms with Crippen molar-refractivity contribution < 1.29 is 9.53 Å². The van der Waals surface area contributed by atoms with Crippen LogP contribution in [0.4, 0.5) is 0 Å². The summed E-state index contributed by atoms with van der Waals surface area (Å²) in [4.78, 5) is 16.9. The number of piperazine rings is 1. The zero-order chi connectivity index (χ0) is 14.1. The van der Waals surface area contributed by atoms with Gasteiger partial charge in [-0.1, -0.05) is 24.3 Å². The van der Waals surface area contributed by atoms with Crippen LogP contribution in [0.3, 0.4) is 0 Å². The highest BCUT2D eigenvalue weighted by molar-refractivity contribution is 5.75. The van der Waals surface area contributed by atoms with Gasteiger partial charge in [0.1, 0.15) is 0 Å². The number of hydrogen-bond acceptors (Lipinski definition) is 4. The van der Waals surface area contributed by atoms with Crippen molar-refractivity contribution in [2.24, 2.45) is 5.92 Å². The third-order valence-electron chi connectivity index (χ3n) is 4.63. The van der Waals surface area contributed by atoms with Crippen molar-refractivity contribution in [2.75, 3.05) is 40.3 Å². The van der Waals surface area contributed by atoms with Gasteiger partial charge < -0.3 is 9.64 Å². The molecular formula is C16H22N2O2. The lowest BCUT2D eigenvalue weighted by atomic mass is 9.98. The first-order valence-corrected chi connectivity index (χ1v) is 7.29. The molecular weight excluding hydrogens is 252 g/mol. The van der Waals surface area contributed by atoms with Gasteiger partial charge in [-0.2, -0.15) is 0 Å². The van der Waals surface area contributed by atoms with E-state index in [0.29, 0.717) is 0 Å². The lowest BCUT2D eigenvalue weighted by Gasteiger charge is -2.38. The van der Waals surface area contributed by atoms with E-state index >= 15 is 0 Å². The molecule has 3 rings (SSSR count). The first-order valence-electron chi connectivity index (χ1n) is 7.29. The van der Waals surface area contributed by atoms with Crippen molar-refractivity contribution in [1.29, 1.82) is 0 Å². The number of hydrogen-bond donors (Lipinski definition) is 0. The molecule has 1 aliphatic heterocycles. The Morgan fingerprint density at radius 2 is 1.90 bits per heavy atom. The van der Waals surface area contributed by atoms with Gasteiger partial charge in [0.25, 0.3) is 0 Å². The predicted molar refractivity (Wildman–Crippen MR) is 77.5 cm³/mol. The van der Waals surface area contributed by atoms with Crippen molar-refractivity contribution in [3.8, 4) is 0 Å². The van der Waals surface area contributed by atoms with Crippen molar-refractivity contribution >= 4 is 5.97 Å². The molecule has 1 aliphatic carbocycles. The summed E-state index contributed by atoms with van der Waals surface area (Å²) in [6, 6.07) is 8.62. The maximum absolute atomic E-state index is 12.1. The molecule has 2 unspecified atom stereocenters. The number of methoxy groups -OCH3 is 1. The Balaban J connectivity index is 1.89. The van der Waals surface area contributed by atoms with E-state index in [1.807, 2.05) is 0 Å². The van der Waals surface area contributed by atoms with Gasteiger partial charge >= 0.3 is 5.97 Å². The monoisotopic (exact) mass is 274 g/mol. The third-order valence-corrected chi connectivity index (χ3v) is 4.63. The quantitative estimate of drug-likeness (QED) is 0.762. The number of benzene rings is 1. The van der Waals surface area contributed by atoms with E-state index in [4.69, 9.17) is 4.74 Å². The minimum Gasteiger partial charge on any atom is -0.469 e. The van der Waals surface area contributed by atoms with Crippen LogP contribution in [0.1, 0.15) is 17.2 Å². The SMILES string of the molecule is COC(=O)C1Cc2ccccc2C1N1CCN(C)CC1. The lowest BCUT2D eigenvalue weighted by molar-refractivity contribution is -0.148. The average Bonchev–Trinajstić information content (AvgIpc) is 2.87. The van der Waals surface area contributed by atoms with E-state index in [0.717, 1.165) is 32.6 Å². The molecule has 4 nitrogen and oxygen atoms in total. The number of fused-ring (bicyclic) bond motifs is 1. The van der Waals surface area contributed by atoms with Crippen molar-refractivity contribution in [3.05, 3.63) is 35.4 Å². The van der Waals surface area contributed by atoms with Crippen molar-refractivity contribution in [2.45, 2.75) is 12.5 Å². The highest BCUT2D eigenvalue weighted by Crippen LogP contribution is 2.41. The topological polar surface area (TPSA) is 32.8 Å². The van der Waals surface area contributed by atoms with Gasteiger partial charge in [-0.3, -0.25) is 9.69 Å². The molecule has 108 valence electrons. The summed E-state index contributed by atoms with van der Waals surface area (Å²) in [5.74, 6) is -0.133. The van der Waals surface area contributed by atoms with Gasteiger partial charge in [-0.25, -0.2) is 0 Å². The second-order valence-electron chi connectivity index (χ2n) is 5.82. The van der Waals surface area contributed by atoms with Gasteiger partial charge in [0.15, 0.2) is 0 Å². The second-order valence-corrected chi connectivity index (χ2v) is 5.82. The summed E-state index contributed by atoms with van der Waals surface area (Å²) in [7, 11) is 3.64. The van der Waals surface area contributed by atoms with E-state index in [1.165, 1.54) is 18.2 Å². The predicted octanol–water partition coefficient (Wildman–Crippen LogP) is 1.32. The lowest BCUT2D eigenvalue weighted by Crippen LogP contribution is -2.47. The van der Waals surface area contributed by atoms with Crippen LogP contribution in [-0.2, 0) is 16.0 Å². The highest BCUT2D eigenvalue weighted by atomic mass is 16.5. The Kier molecular flexibility index (Phi) is 3.76. The molecule has 1 saturated heterocycles. The van der Waals surface area contributed by atoms with Gasteiger partial charge in [0.2, 0.25) is 0 Å². The van der Waals surface area contributed by atoms with Gasteiger partial charge in [0, 0.05) is 32.2 Å². The molecule has 0 bridgehead atoms. The van der Waals surface area contributed by atoms with Crippen LogP contribution in [-0.4, -0.2) is 56.1 Å². The molecule has 1 aromatic rings. The smallest absolute Gasteiger partial charge is 0.310 e. The Labute approximate surface area is 120 Å². The van der Waals surface area contributed by atoms with E-state index in [9.17, 15) is 4.79 Å².